The Kier molecular flexibility index (Phi) is 4.92. The van der Waals surface area contributed by atoms with Crippen LogP contribution in [0.5, 0.6) is 0 Å². The second-order valence-corrected chi connectivity index (χ2v) is 2.46. The number of aliphatic hydroxyl groups excluding tert-OH is 1. The highest BCUT2D eigenvalue weighted by molar-refractivity contribution is 5.01. The van der Waals surface area contributed by atoms with Crippen molar-refractivity contribution in [1.29, 1.82) is 0 Å². The number of aliphatic hydroxyl groups is 1. The van der Waals surface area contributed by atoms with Crippen molar-refractivity contribution in [2.45, 2.75) is 18.8 Å². The van der Waals surface area contributed by atoms with E-state index in [1.165, 1.54) is 0 Å². The molecule has 0 saturated carbocycles. The second-order valence-electron chi connectivity index (χ2n) is 2.46. The molecule has 15 heavy (non-hydrogen) atoms. The smallest absolute Gasteiger partial charge is 0.448 e. The largest absolute Gasteiger partial charge is 0.487 e. The molecule has 0 aliphatic rings. The van der Waals surface area contributed by atoms with Crippen molar-refractivity contribution >= 4 is 0 Å². The zero-order valence-electron chi connectivity index (χ0n) is 7.32. The summed E-state index contributed by atoms with van der Waals surface area (Å²) in [4.78, 5) is 0. The molecule has 90 valence electrons. The van der Waals surface area contributed by atoms with Crippen LogP contribution in [0.2, 0.25) is 0 Å². The third kappa shape index (κ3) is 7.06. The molecule has 1 N–H and O–H groups in total. The van der Waals surface area contributed by atoms with Crippen molar-refractivity contribution in [2.24, 2.45) is 0 Å². The van der Waals surface area contributed by atoms with Gasteiger partial charge in [-0.05, 0) is 6.08 Å². The van der Waals surface area contributed by atoms with Crippen LogP contribution >= 0.6 is 0 Å². The highest BCUT2D eigenvalue weighted by Crippen LogP contribution is 2.29. The average molecular weight is 238 g/mol. The van der Waals surface area contributed by atoms with Gasteiger partial charge in [0.05, 0.1) is 13.0 Å². The summed E-state index contributed by atoms with van der Waals surface area (Å²) in [6, 6.07) is 0. The van der Waals surface area contributed by atoms with Crippen LogP contribution in [0.15, 0.2) is 11.8 Å². The van der Waals surface area contributed by atoms with E-state index in [1.54, 1.807) is 0 Å². The summed E-state index contributed by atoms with van der Waals surface area (Å²) in [6.07, 6.45) is -11.5. The molecule has 0 rings (SSSR count). The minimum atomic E-state index is -4.99. The number of ether oxygens (including phenoxy) is 1. The van der Waals surface area contributed by atoms with Gasteiger partial charge in [-0.25, -0.2) is 0 Å². The molecule has 0 aromatic carbocycles. The number of rotatable bonds is 4. The van der Waals surface area contributed by atoms with Crippen LogP contribution in [0.4, 0.5) is 26.3 Å². The Morgan fingerprint density at radius 2 is 1.67 bits per heavy atom. The number of halogens is 6. The zero-order valence-corrected chi connectivity index (χ0v) is 7.32. The Labute approximate surface area is 81.1 Å². The van der Waals surface area contributed by atoms with Crippen LogP contribution < -0.4 is 0 Å². The first kappa shape index (κ1) is 14.1. The first-order valence-electron chi connectivity index (χ1n) is 3.74. The van der Waals surface area contributed by atoms with E-state index in [2.05, 4.69) is 4.74 Å². The highest BCUT2D eigenvalue weighted by atomic mass is 19.4. The maximum Gasteiger partial charge on any atom is 0.448 e. The van der Waals surface area contributed by atoms with Crippen LogP contribution in [0.1, 0.15) is 6.42 Å². The van der Waals surface area contributed by atoms with Gasteiger partial charge in [-0.3, -0.25) is 0 Å². The van der Waals surface area contributed by atoms with Crippen LogP contribution in [-0.2, 0) is 4.74 Å². The molecule has 0 heterocycles. The van der Waals surface area contributed by atoms with Crippen molar-refractivity contribution in [3.05, 3.63) is 11.8 Å². The number of allylic oxidation sites excluding steroid dienone is 2. The van der Waals surface area contributed by atoms with Gasteiger partial charge >= 0.3 is 12.4 Å². The predicted octanol–water partition coefficient (Wildman–Crippen LogP) is 2.39. The molecule has 0 unspecified atom stereocenters. The summed E-state index contributed by atoms with van der Waals surface area (Å²) in [5.74, 6) is -1.74. The summed E-state index contributed by atoms with van der Waals surface area (Å²) in [6.45, 7) is -1.41. The van der Waals surface area contributed by atoms with Gasteiger partial charge in [-0.1, -0.05) is 0 Å². The third-order valence-electron chi connectivity index (χ3n) is 1.15. The zero-order chi connectivity index (χ0) is 12.1. The van der Waals surface area contributed by atoms with Crippen LogP contribution in [0, 0.1) is 0 Å². The van der Waals surface area contributed by atoms with Gasteiger partial charge < -0.3 is 9.84 Å². The molecule has 0 radical (unpaired) electrons. The maximum atomic E-state index is 12.0. The standard InChI is InChI=1S/C7H8F6O2/c8-6(9,10)2-1-5(7(11,12)13)15-4-3-14/h1,14H,2-4H2. The van der Waals surface area contributed by atoms with E-state index >= 15 is 0 Å². The fourth-order valence-electron chi connectivity index (χ4n) is 0.621. The summed E-state index contributed by atoms with van der Waals surface area (Å²) in [5.41, 5.74) is 0. The molecule has 0 aliphatic carbocycles. The molecule has 0 aliphatic heterocycles. The Balaban J connectivity index is 4.49. The normalized spacial score (nSPS) is 14.2. The summed E-state index contributed by atoms with van der Waals surface area (Å²) < 4.78 is 74.7. The van der Waals surface area contributed by atoms with Crippen molar-refractivity contribution in [1.82, 2.24) is 0 Å². The van der Waals surface area contributed by atoms with Gasteiger partial charge in [0, 0.05) is 0 Å². The molecular formula is C7H8F6O2. The Morgan fingerprint density at radius 3 is 2.00 bits per heavy atom. The van der Waals surface area contributed by atoms with E-state index in [1.807, 2.05) is 0 Å². The van der Waals surface area contributed by atoms with Crippen LogP contribution in [-0.4, -0.2) is 30.7 Å². The fraction of sp³-hybridized carbons (Fsp3) is 0.714. The quantitative estimate of drug-likeness (QED) is 0.602. The first-order chi connectivity index (χ1) is 6.67. The van der Waals surface area contributed by atoms with E-state index in [-0.39, 0.29) is 6.08 Å². The lowest BCUT2D eigenvalue weighted by Crippen LogP contribution is -2.18. The third-order valence-corrected chi connectivity index (χ3v) is 1.15. The van der Waals surface area contributed by atoms with Gasteiger partial charge in [0.2, 0.25) is 0 Å². The van der Waals surface area contributed by atoms with Crippen molar-refractivity contribution in [3.63, 3.8) is 0 Å². The molecular weight excluding hydrogens is 230 g/mol. The van der Waals surface area contributed by atoms with Gasteiger partial charge in [-0.15, -0.1) is 0 Å². The van der Waals surface area contributed by atoms with E-state index in [0.717, 1.165) is 0 Å². The Morgan fingerprint density at radius 1 is 1.13 bits per heavy atom. The van der Waals surface area contributed by atoms with Gasteiger partial charge in [-0.2, -0.15) is 26.3 Å². The molecule has 8 heteroatoms. The number of hydrogen-bond donors (Lipinski definition) is 1. The summed E-state index contributed by atoms with van der Waals surface area (Å²) in [5, 5.41) is 8.17. The van der Waals surface area contributed by atoms with Crippen molar-refractivity contribution in [2.75, 3.05) is 13.2 Å². The van der Waals surface area contributed by atoms with E-state index in [9.17, 15) is 26.3 Å². The van der Waals surface area contributed by atoms with E-state index < -0.39 is 37.7 Å². The molecule has 0 fully saturated rings. The first-order valence-corrected chi connectivity index (χ1v) is 3.74. The van der Waals surface area contributed by atoms with Gasteiger partial charge in [0.25, 0.3) is 0 Å². The molecule has 0 saturated heterocycles. The number of alkyl halides is 6. The molecule has 0 bridgehead atoms. The molecule has 2 nitrogen and oxygen atoms in total. The van der Waals surface area contributed by atoms with Crippen molar-refractivity contribution in [3.8, 4) is 0 Å². The summed E-state index contributed by atoms with van der Waals surface area (Å²) >= 11 is 0. The minimum absolute atomic E-state index is 0.102. The van der Waals surface area contributed by atoms with Gasteiger partial charge in [0.1, 0.15) is 6.61 Å². The maximum absolute atomic E-state index is 12.0. The van der Waals surface area contributed by atoms with Crippen LogP contribution in [0.25, 0.3) is 0 Å². The SMILES string of the molecule is OCCOC(=CCC(F)(F)F)C(F)(F)F. The molecule has 0 spiro atoms. The monoisotopic (exact) mass is 238 g/mol. The van der Waals surface area contributed by atoms with Crippen LogP contribution in [0.3, 0.4) is 0 Å². The molecule has 0 atom stereocenters. The Bertz CT molecular complexity index is 217. The lowest BCUT2D eigenvalue weighted by molar-refractivity contribution is -0.139. The minimum Gasteiger partial charge on any atom is -0.487 e. The van der Waals surface area contributed by atoms with E-state index in [0.29, 0.717) is 0 Å². The summed E-state index contributed by atoms with van der Waals surface area (Å²) in [7, 11) is 0. The average Bonchev–Trinajstić information content (AvgIpc) is 1.99. The fourth-order valence-corrected chi connectivity index (χ4v) is 0.621. The molecule has 0 aromatic rings. The lowest BCUT2D eigenvalue weighted by atomic mass is 10.3. The number of hydrogen-bond acceptors (Lipinski definition) is 2. The van der Waals surface area contributed by atoms with Gasteiger partial charge in [0.15, 0.2) is 5.76 Å². The predicted molar refractivity (Wildman–Crippen MR) is 37.8 cm³/mol. The second kappa shape index (κ2) is 5.24. The highest BCUT2D eigenvalue weighted by Gasteiger charge is 2.37. The lowest BCUT2D eigenvalue weighted by Gasteiger charge is -2.13. The molecule has 0 aromatic heterocycles. The Hall–Kier alpha value is -0.920. The van der Waals surface area contributed by atoms with E-state index in [4.69, 9.17) is 5.11 Å². The van der Waals surface area contributed by atoms with Crippen molar-refractivity contribution < 1.29 is 36.2 Å². The topological polar surface area (TPSA) is 29.5 Å². The molecule has 0 amide bonds.